The van der Waals surface area contributed by atoms with E-state index < -0.39 is 177 Å². The van der Waals surface area contributed by atoms with Crippen molar-refractivity contribution in [1.29, 1.82) is 0 Å². The molecule has 1 aromatic carbocycles. The number of carbonyl (C=O) groups is 13. The molecule has 0 aliphatic carbocycles. The van der Waals surface area contributed by atoms with Gasteiger partial charge in [-0.25, -0.2) is 0 Å². The van der Waals surface area contributed by atoms with Crippen LogP contribution in [-0.4, -0.2) is 200 Å². The molecule has 2 saturated heterocycles. The molecule has 30 heteroatoms. The van der Waals surface area contributed by atoms with Crippen molar-refractivity contribution < 1.29 is 87.9 Å². The Morgan fingerprint density at radius 3 is 1.57 bits per heavy atom. The van der Waals surface area contributed by atoms with Crippen LogP contribution in [0.3, 0.4) is 0 Å². The van der Waals surface area contributed by atoms with E-state index in [1.165, 1.54) is 24.3 Å². The van der Waals surface area contributed by atoms with Crippen LogP contribution in [0.5, 0.6) is 5.75 Å². The largest absolute Gasteiger partial charge is 0.508 e. The lowest BCUT2D eigenvalue weighted by Gasteiger charge is -2.31. The second kappa shape index (κ2) is 28.0. The number of carbonyl (C=O) groups excluding carboxylic acids is 11. The summed E-state index contributed by atoms with van der Waals surface area (Å²) in [4.78, 5) is 169. The normalized spacial score (nSPS) is 17.6. The molecule has 0 aromatic heterocycles. The summed E-state index contributed by atoms with van der Waals surface area (Å²) in [5.41, 5.74) is 16.3. The summed E-state index contributed by atoms with van der Waals surface area (Å²) in [6.07, 6.45) is -2.70. The second-order valence-electron chi connectivity index (χ2n) is 16.6. The van der Waals surface area contributed by atoms with E-state index in [0.717, 1.165) is 9.80 Å². The number of nitrogens with two attached hydrogens (primary N) is 3. The van der Waals surface area contributed by atoms with Gasteiger partial charge in [-0.2, -0.15) is 0 Å². The maximum atomic E-state index is 14.2. The van der Waals surface area contributed by atoms with E-state index in [1.54, 1.807) is 0 Å². The van der Waals surface area contributed by atoms with Gasteiger partial charge in [0.1, 0.15) is 60.6 Å². The van der Waals surface area contributed by atoms with Crippen LogP contribution < -0.4 is 54.4 Å². The molecule has 1 aromatic rings. The van der Waals surface area contributed by atoms with Gasteiger partial charge in [-0.1, -0.05) is 12.1 Å². The topological polar surface area (TPSA) is 492 Å². The lowest BCUT2D eigenvalue weighted by molar-refractivity contribution is -0.143. The first kappa shape index (κ1) is 58.3. The van der Waals surface area contributed by atoms with Gasteiger partial charge in [0.15, 0.2) is 0 Å². The van der Waals surface area contributed by atoms with Crippen LogP contribution in [0.4, 0.5) is 0 Å². The molecule has 18 N–H and O–H groups in total. The third-order valence-electron chi connectivity index (χ3n) is 11.3. The van der Waals surface area contributed by atoms with E-state index in [4.69, 9.17) is 22.3 Å². The van der Waals surface area contributed by atoms with E-state index in [9.17, 15) is 82.8 Å². The molecule has 0 radical (unpaired) electrons. The van der Waals surface area contributed by atoms with Crippen LogP contribution >= 0.6 is 0 Å². The zero-order chi connectivity index (χ0) is 53.8. The van der Waals surface area contributed by atoms with Crippen LogP contribution in [0.25, 0.3) is 0 Å². The first-order valence-electron chi connectivity index (χ1n) is 22.4. The van der Waals surface area contributed by atoms with E-state index in [1.807, 2.05) is 5.32 Å². The van der Waals surface area contributed by atoms with E-state index >= 15 is 0 Å². The summed E-state index contributed by atoms with van der Waals surface area (Å²) in [7, 11) is 0. The van der Waals surface area contributed by atoms with Crippen LogP contribution in [0.1, 0.15) is 56.9 Å². The molecule has 72 heavy (non-hydrogen) atoms. The Kier molecular flexibility index (Phi) is 22.7. The average Bonchev–Trinajstić information content (AvgIpc) is 4.03. The number of aromatic hydroxyl groups is 1. The van der Waals surface area contributed by atoms with Gasteiger partial charge >= 0.3 is 11.9 Å². The summed E-state index contributed by atoms with van der Waals surface area (Å²) >= 11 is 0. The fourth-order valence-electron chi connectivity index (χ4n) is 7.69. The fraction of sp³-hybridized carbons (Fsp3) is 0.548. The number of likely N-dealkylation sites (tertiary alicyclic amines) is 2. The highest BCUT2D eigenvalue weighted by atomic mass is 16.4. The molecule has 3 rings (SSSR count). The summed E-state index contributed by atoms with van der Waals surface area (Å²) in [6, 6.07) is -7.61. The standard InChI is InChI=1S/C42H60N12O18/c43-16-32(60)47-27(19-56)42(72)54-12-2-4-29(54)40(70)51-24(14-31(45)59)37(67)52-26(18-55)38(68)48-22(9-10-30(44)58)41(71)53-11-1-3-28(53)39(69)50-23(13-20-5-7-21(57)8-6-20)36(66)49-25(15-33(61)62)35(65)46-17-34(63)64/h5-8,22-29,55-57H,1-4,9-19,43H2,(H2,44,58)(H2,45,59)(H,46,65)(H,47,60)(H,48,68)(H,49,66)(H,50,69)(H,51,70)(H,52,67)(H,61,62)(H,63,64)/t22-,23-,24-,25-,26-,27-,28-,29-/m0/s1. The monoisotopic (exact) mass is 1020 g/mol. The Hall–Kier alpha value is -7.99. The van der Waals surface area contributed by atoms with Gasteiger partial charge in [0.05, 0.1) is 32.6 Å². The number of phenolic OH excluding ortho intramolecular Hbond substituents is 1. The van der Waals surface area contributed by atoms with Crippen molar-refractivity contribution in [2.45, 2.75) is 106 Å². The molecule has 0 saturated carbocycles. The summed E-state index contributed by atoms with van der Waals surface area (Å²) in [5, 5.41) is 63.7. The Morgan fingerprint density at radius 1 is 0.583 bits per heavy atom. The fourth-order valence-corrected chi connectivity index (χ4v) is 7.69. The van der Waals surface area contributed by atoms with Gasteiger partial charge in [0.25, 0.3) is 0 Å². The van der Waals surface area contributed by atoms with Crippen LogP contribution in [0, 0.1) is 0 Å². The van der Waals surface area contributed by atoms with Crippen molar-refractivity contribution in [3.63, 3.8) is 0 Å². The number of aliphatic carboxylic acids is 2. The molecule has 0 spiro atoms. The van der Waals surface area contributed by atoms with Crippen molar-refractivity contribution in [1.82, 2.24) is 47.0 Å². The third-order valence-corrected chi connectivity index (χ3v) is 11.3. The van der Waals surface area contributed by atoms with E-state index in [0.29, 0.717) is 5.56 Å². The number of phenols is 1. The second-order valence-corrected chi connectivity index (χ2v) is 16.6. The number of nitrogens with one attached hydrogen (secondary N) is 7. The minimum absolute atomic E-state index is 0.000807. The van der Waals surface area contributed by atoms with Crippen molar-refractivity contribution in [3.8, 4) is 5.75 Å². The zero-order valence-electron chi connectivity index (χ0n) is 38.7. The third kappa shape index (κ3) is 17.8. The Bertz CT molecular complexity index is 2210. The molecule has 2 aliphatic rings. The highest BCUT2D eigenvalue weighted by Gasteiger charge is 2.42. The van der Waals surface area contributed by atoms with Gasteiger partial charge in [0, 0.05) is 25.9 Å². The maximum absolute atomic E-state index is 14.2. The van der Waals surface area contributed by atoms with Crippen molar-refractivity contribution in [2.24, 2.45) is 17.2 Å². The number of hydrogen-bond donors (Lipinski definition) is 15. The maximum Gasteiger partial charge on any atom is 0.322 e. The number of hydrogen-bond acceptors (Lipinski definition) is 17. The number of amides is 11. The van der Waals surface area contributed by atoms with Gasteiger partial charge in [-0.15, -0.1) is 0 Å². The number of rotatable bonds is 28. The molecule has 11 amide bonds. The Labute approximate surface area is 409 Å². The lowest BCUT2D eigenvalue weighted by atomic mass is 10.0. The minimum atomic E-state index is -1.91. The number of aliphatic hydroxyl groups is 2. The molecule has 396 valence electrons. The molecule has 8 atom stereocenters. The van der Waals surface area contributed by atoms with Crippen LogP contribution in [0.15, 0.2) is 24.3 Å². The number of primary amides is 2. The van der Waals surface area contributed by atoms with Crippen LogP contribution in [0.2, 0.25) is 0 Å². The van der Waals surface area contributed by atoms with Crippen molar-refractivity contribution >= 4 is 76.9 Å². The molecule has 0 bridgehead atoms. The Morgan fingerprint density at radius 2 is 1.07 bits per heavy atom. The number of carboxylic acids is 2. The summed E-state index contributed by atoms with van der Waals surface area (Å²) in [5.74, 6) is -14.5. The van der Waals surface area contributed by atoms with Gasteiger partial charge in [-0.3, -0.25) is 62.3 Å². The summed E-state index contributed by atoms with van der Waals surface area (Å²) < 4.78 is 0. The highest BCUT2D eigenvalue weighted by molar-refractivity contribution is 6.00. The lowest BCUT2D eigenvalue weighted by Crippen LogP contribution is -2.61. The van der Waals surface area contributed by atoms with Crippen LogP contribution in [-0.2, 0) is 68.7 Å². The SMILES string of the molecule is NCC(=O)N[C@@H](CO)C(=O)N1CCC[C@H]1C(=O)N[C@@H](CC(N)=O)C(=O)N[C@@H](CO)C(=O)N[C@@H](CCC(N)=O)C(=O)N1CCC[C@H]1C(=O)N[C@@H](Cc1ccc(O)cc1)C(=O)N[C@@H](CC(=O)O)C(=O)NCC(=O)O. The van der Waals surface area contributed by atoms with E-state index in [2.05, 4.69) is 31.9 Å². The number of nitrogens with zero attached hydrogens (tertiary/aromatic N) is 2. The number of benzene rings is 1. The minimum Gasteiger partial charge on any atom is -0.508 e. The Balaban J connectivity index is 1.82. The number of aliphatic hydroxyl groups excluding tert-OH is 2. The van der Waals surface area contributed by atoms with Gasteiger partial charge in [-0.05, 0) is 49.8 Å². The average molecular weight is 1020 g/mol. The molecule has 2 aliphatic heterocycles. The first-order chi connectivity index (χ1) is 34.0. The van der Waals surface area contributed by atoms with E-state index in [-0.39, 0.29) is 50.9 Å². The first-order valence-corrected chi connectivity index (χ1v) is 22.4. The molecular weight excluding hydrogens is 961 g/mol. The molecule has 30 nitrogen and oxygen atoms in total. The zero-order valence-corrected chi connectivity index (χ0v) is 38.7. The van der Waals surface area contributed by atoms with Crippen molar-refractivity contribution in [2.75, 3.05) is 39.4 Å². The quantitative estimate of drug-likeness (QED) is 0.0371. The summed E-state index contributed by atoms with van der Waals surface area (Å²) in [6.45, 7) is -3.55. The predicted molar refractivity (Wildman–Crippen MR) is 241 cm³/mol. The molecule has 2 fully saturated rings. The predicted octanol–water partition coefficient (Wildman–Crippen LogP) is -8.41. The van der Waals surface area contributed by atoms with Gasteiger partial charge in [0.2, 0.25) is 65.0 Å². The molecule has 0 unspecified atom stereocenters. The number of carboxylic acid groups (broad SMARTS) is 2. The van der Waals surface area contributed by atoms with Crippen molar-refractivity contribution in [3.05, 3.63) is 29.8 Å². The molecular formula is C42H60N12O18. The highest BCUT2D eigenvalue weighted by Crippen LogP contribution is 2.22. The van der Waals surface area contributed by atoms with Gasteiger partial charge < -0.3 is 89.8 Å². The molecule has 2 heterocycles. The smallest absolute Gasteiger partial charge is 0.322 e.